The molecule has 0 radical (unpaired) electrons. The number of rotatable bonds is 1. The highest BCUT2D eigenvalue weighted by molar-refractivity contribution is 5.95. The Balaban J connectivity index is 3.32. The number of aromatic amines is 1. The molecule has 0 amide bonds. The summed E-state index contributed by atoms with van der Waals surface area (Å²) in [5, 5.41) is 7.23. The van der Waals surface area contributed by atoms with Crippen molar-refractivity contribution in [3.63, 3.8) is 0 Å². The molecule has 0 bridgehead atoms. The third kappa shape index (κ3) is 1.55. The Morgan fingerprint density at radius 2 is 2.27 bits per heavy atom. The number of pyridine rings is 1. The lowest BCUT2D eigenvalue weighted by molar-refractivity contribution is 1.17. The van der Waals surface area contributed by atoms with Gasteiger partial charge in [0.25, 0.3) is 0 Å². The van der Waals surface area contributed by atoms with Gasteiger partial charge in [0.15, 0.2) is 5.43 Å². The van der Waals surface area contributed by atoms with E-state index in [1.807, 2.05) is 6.92 Å². The molecule has 0 spiro atoms. The number of hydrogen-bond acceptors (Lipinski definition) is 2. The van der Waals surface area contributed by atoms with Crippen LogP contribution < -0.4 is 5.43 Å². The number of H-pyrrole nitrogens is 1. The zero-order valence-electron chi connectivity index (χ0n) is 6.56. The average Bonchev–Trinajstić information content (AvgIpc) is 1.85. The summed E-state index contributed by atoms with van der Waals surface area (Å²) >= 11 is 0. The molecule has 0 atom stereocenters. The quantitative estimate of drug-likeness (QED) is 0.578. The third-order valence-corrected chi connectivity index (χ3v) is 1.46. The smallest absolute Gasteiger partial charge is 0.190 e. The number of aromatic nitrogens is 1. The summed E-state index contributed by atoms with van der Waals surface area (Å²) in [7, 11) is 0. The lowest BCUT2D eigenvalue weighted by Gasteiger charge is -1.96. The Kier molecular flexibility index (Phi) is 1.89. The van der Waals surface area contributed by atoms with Crippen molar-refractivity contribution in [3.05, 3.63) is 33.7 Å². The first-order chi connectivity index (χ1) is 5.11. The fraction of sp³-hybridized carbons (Fsp3) is 0.250. The zero-order chi connectivity index (χ0) is 8.43. The SMILES string of the molecule is CC(=N)c1c[nH]c(C)cc1=O. The van der Waals surface area contributed by atoms with Crippen LogP contribution in [0.25, 0.3) is 0 Å². The average molecular weight is 150 g/mol. The van der Waals surface area contributed by atoms with Crippen molar-refractivity contribution < 1.29 is 0 Å². The van der Waals surface area contributed by atoms with Crippen LogP contribution in [0.1, 0.15) is 18.2 Å². The molecule has 1 heterocycles. The van der Waals surface area contributed by atoms with Crippen LogP contribution in [0.5, 0.6) is 0 Å². The van der Waals surface area contributed by atoms with Crippen LogP contribution in [-0.4, -0.2) is 10.7 Å². The highest BCUT2D eigenvalue weighted by Gasteiger charge is 1.99. The van der Waals surface area contributed by atoms with Crippen molar-refractivity contribution in [2.45, 2.75) is 13.8 Å². The summed E-state index contributed by atoms with van der Waals surface area (Å²) in [5.74, 6) is 0. The minimum Gasteiger partial charge on any atom is -0.364 e. The molecular weight excluding hydrogens is 140 g/mol. The molecule has 1 rings (SSSR count). The van der Waals surface area contributed by atoms with Crippen molar-refractivity contribution in [2.24, 2.45) is 0 Å². The van der Waals surface area contributed by atoms with Crippen LogP contribution in [-0.2, 0) is 0 Å². The first kappa shape index (κ1) is 7.72. The van der Waals surface area contributed by atoms with E-state index in [1.54, 1.807) is 13.1 Å². The van der Waals surface area contributed by atoms with Crippen LogP contribution in [0.2, 0.25) is 0 Å². The minimum atomic E-state index is -0.0891. The summed E-state index contributed by atoms with van der Waals surface area (Å²) in [6.45, 7) is 3.41. The summed E-state index contributed by atoms with van der Waals surface area (Å²) < 4.78 is 0. The summed E-state index contributed by atoms with van der Waals surface area (Å²) in [6.07, 6.45) is 1.57. The van der Waals surface area contributed by atoms with Gasteiger partial charge in [0.05, 0.1) is 5.56 Å². The molecule has 0 aromatic carbocycles. The van der Waals surface area contributed by atoms with Gasteiger partial charge in [0.1, 0.15) is 0 Å². The largest absolute Gasteiger partial charge is 0.364 e. The second-order valence-electron chi connectivity index (χ2n) is 2.52. The molecule has 3 nitrogen and oxygen atoms in total. The van der Waals surface area contributed by atoms with Crippen molar-refractivity contribution in [3.8, 4) is 0 Å². The predicted octanol–water partition coefficient (Wildman–Crippen LogP) is 1.07. The molecule has 0 fully saturated rings. The van der Waals surface area contributed by atoms with E-state index in [-0.39, 0.29) is 5.43 Å². The van der Waals surface area contributed by atoms with Crippen LogP contribution >= 0.6 is 0 Å². The van der Waals surface area contributed by atoms with Crippen molar-refractivity contribution in [1.82, 2.24) is 4.98 Å². The first-order valence-corrected chi connectivity index (χ1v) is 3.36. The molecule has 0 aliphatic carbocycles. The van der Waals surface area contributed by atoms with Gasteiger partial charge in [-0.05, 0) is 13.8 Å². The highest BCUT2D eigenvalue weighted by Crippen LogP contribution is 1.91. The lowest BCUT2D eigenvalue weighted by atomic mass is 10.2. The third-order valence-electron chi connectivity index (χ3n) is 1.46. The Bertz CT molecular complexity index is 338. The number of hydrogen-bond donors (Lipinski definition) is 2. The van der Waals surface area contributed by atoms with Gasteiger partial charge in [0.2, 0.25) is 0 Å². The van der Waals surface area contributed by atoms with E-state index in [1.165, 1.54) is 6.07 Å². The van der Waals surface area contributed by atoms with E-state index < -0.39 is 0 Å². The van der Waals surface area contributed by atoms with Gasteiger partial charge >= 0.3 is 0 Å². The molecule has 58 valence electrons. The van der Waals surface area contributed by atoms with Gasteiger partial charge in [-0.1, -0.05) is 0 Å². The van der Waals surface area contributed by atoms with E-state index in [9.17, 15) is 4.79 Å². The summed E-state index contributed by atoms with van der Waals surface area (Å²) in [4.78, 5) is 14.0. The molecule has 0 unspecified atom stereocenters. The topological polar surface area (TPSA) is 56.7 Å². The number of nitrogens with one attached hydrogen (secondary N) is 2. The van der Waals surface area contributed by atoms with Gasteiger partial charge in [-0.3, -0.25) is 4.79 Å². The van der Waals surface area contributed by atoms with E-state index in [2.05, 4.69) is 4.98 Å². The maximum atomic E-state index is 11.1. The van der Waals surface area contributed by atoms with E-state index >= 15 is 0 Å². The second-order valence-corrected chi connectivity index (χ2v) is 2.52. The van der Waals surface area contributed by atoms with Crippen LogP contribution in [0.15, 0.2) is 17.1 Å². The second kappa shape index (κ2) is 2.70. The van der Waals surface area contributed by atoms with Crippen LogP contribution in [0.3, 0.4) is 0 Å². The van der Waals surface area contributed by atoms with E-state index in [0.717, 1.165) is 5.69 Å². The Morgan fingerprint density at radius 1 is 1.64 bits per heavy atom. The maximum absolute atomic E-state index is 11.1. The summed E-state index contributed by atoms with van der Waals surface area (Å²) in [6, 6.07) is 1.49. The minimum absolute atomic E-state index is 0.0891. The molecule has 0 saturated carbocycles. The van der Waals surface area contributed by atoms with Gasteiger partial charge in [0, 0.05) is 23.7 Å². The van der Waals surface area contributed by atoms with Gasteiger partial charge in [-0.15, -0.1) is 0 Å². The molecule has 1 aromatic rings. The lowest BCUT2D eigenvalue weighted by Crippen LogP contribution is -2.12. The summed E-state index contributed by atoms with van der Waals surface area (Å²) in [5.41, 5.74) is 1.47. The molecular formula is C8H10N2O. The first-order valence-electron chi connectivity index (χ1n) is 3.36. The van der Waals surface area contributed by atoms with Crippen LogP contribution in [0.4, 0.5) is 0 Å². The van der Waals surface area contributed by atoms with Crippen molar-refractivity contribution in [2.75, 3.05) is 0 Å². The Hall–Kier alpha value is -1.38. The normalized spacial score (nSPS) is 9.64. The Morgan fingerprint density at radius 3 is 2.73 bits per heavy atom. The van der Waals surface area contributed by atoms with Crippen molar-refractivity contribution in [1.29, 1.82) is 5.41 Å². The standard InChI is InChI=1S/C8H10N2O/c1-5-3-8(11)7(4-10-5)6(2)9/h3-4,9H,1-2H3,(H,10,11). The van der Waals surface area contributed by atoms with Gasteiger partial charge in [-0.25, -0.2) is 0 Å². The molecule has 0 saturated heterocycles. The van der Waals surface area contributed by atoms with E-state index in [4.69, 9.17) is 5.41 Å². The monoisotopic (exact) mass is 150 g/mol. The molecule has 0 aliphatic rings. The molecule has 11 heavy (non-hydrogen) atoms. The molecule has 0 aliphatic heterocycles. The van der Waals surface area contributed by atoms with Crippen LogP contribution in [0, 0.1) is 12.3 Å². The zero-order valence-corrected chi connectivity index (χ0v) is 6.56. The molecule has 3 heteroatoms. The van der Waals surface area contributed by atoms with E-state index in [0.29, 0.717) is 11.3 Å². The van der Waals surface area contributed by atoms with Gasteiger partial charge < -0.3 is 10.4 Å². The molecule has 1 aromatic heterocycles. The fourth-order valence-electron chi connectivity index (χ4n) is 0.866. The van der Waals surface area contributed by atoms with Crippen molar-refractivity contribution >= 4 is 5.71 Å². The predicted molar refractivity (Wildman–Crippen MR) is 44.3 cm³/mol. The molecule has 2 N–H and O–H groups in total. The highest BCUT2D eigenvalue weighted by atomic mass is 16.1. The number of aryl methyl sites for hydroxylation is 1. The Labute approximate surface area is 64.6 Å². The maximum Gasteiger partial charge on any atom is 0.190 e. The fourth-order valence-corrected chi connectivity index (χ4v) is 0.866. The van der Waals surface area contributed by atoms with Gasteiger partial charge in [-0.2, -0.15) is 0 Å².